The van der Waals surface area contributed by atoms with Gasteiger partial charge in [-0.2, -0.15) is 22.0 Å². The van der Waals surface area contributed by atoms with Crippen LogP contribution in [-0.4, -0.2) is 12.3 Å². The quantitative estimate of drug-likeness (QED) is 0.255. The Bertz CT molecular complexity index is 798. The van der Waals surface area contributed by atoms with E-state index in [1.54, 1.807) is 0 Å². The lowest BCUT2D eigenvalue weighted by molar-refractivity contribution is -0.224. The number of hydrogen-bond acceptors (Lipinski definition) is 2. The summed E-state index contributed by atoms with van der Waals surface area (Å²) >= 11 is 0. The second kappa shape index (κ2) is 12.3. The molecule has 9 heteroatoms. The predicted octanol–water partition coefficient (Wildman–Crippen LogP) is 9.44. The van der Waals surface area contributed by atoms with Crippen molar-refractivity contribution in [2.45, 2.75) is 90.8 Å². The Morgan fingerprint density at radius 2 is 1.37 bits per heavy atom. The molecule has 2 nitrogen and oxygen atoms in total. The number of alkyl halides is 5. The van der Waals surface area contributed by atoms with E-state index in [2.05, 4.69) is 16.4 Å². The summed E-state index contributed by atoms with van der Waals surface area (Å²) in [5.41, 5.74) is 0. The molecule has 3 rings (SSSR count). The fraction of sp³-hybridized carbons (Fsp3) is 0.692. The normalized spacial score (nSPS) is 25.8. The van der Waals surface area contributed by atoms with Gasteiger partial charge in [0.1, 0.15) is 5.75 Å². The first kappa shape index (κ1) is 29.3. The number of rotatable bonds is 8. The number of hydrogen-bond donors (Lipinski definition) is 0. The number of benzene rings is 1. The highest BCUT2D eigenvalue weighted by molar-refractivity contribution is 5.35. The van der Waals surface area contributed by atoms with Crippen LogP contribution in [0.3, 0.4) is 0 Å². The van der Waals surface area contributed by atoms with Gasteiger partial charge >= 0.3 is 12.3 Å². The van der Waals surface area contributed by atoms with Gasteiger partial charge in [0.15, 0.2) is 17.4 Å². The molecule has 2 fully saturated rings. The molecule has 0 saturated heterocycles. The van der Waals surface area contributed by atoms with Crippen LogP contribution in [0.2, 0.25) is 0 Å². The van der Waals surface area contributed by atoms with Crippen LogP contribution >= 0.6 is 0 Å². The van der Waals surface area contributed by atoms with Gasteiger partial charge in [0.05, 0.1) is 18.3 Å². The van der Waals surface area contributed by atoms with E-state index in [1.165, 1.54) is 25.7 Å². The molecule has 2 aliphatic carbocycles. The first-order chi connectivity index (χ1) is 16.0. The van der Waals surface area contributed by atoms with Crippen molar-refractivity contribution in [2.75, 3.05) is 0 Å². The molecule has 0 spiro atoms. The zero-order valence-electron chi connectivity index (χ0n) is 19.2. The summed E-state index contributed by atoms with van der Waals surface area (Å²) in [4.78, 5) is 0. The van der Waals surface area contributed by atoms with E-state index in [1.807, 2.05) is 0 Å². The maximum absolute atomic E-state index is 14.8. The highest BCUT2D eigenvalue weighted by atomic mass is 19.4. The largest absolute Gasteiger partial charge is 0.459 e. The average Bonchev–Trinajstić information content (AvgIpc) is 2.75. The fourth-order valence-electron chi connectivity index (χ4n) is 5.41. The monoisotopic (exact) mass is 512 g/mol. The summed E-state index contributed by atoms with van der Waals surface area (Å²) in [5, 5.41) is 0. The summed E-state index contributed by atoms with van der Waals surface area (Å²) in [6.07, 6.45) is 0.409. The Hall–Kier alpha value is -1.93. The van der Waals surface area contributed by atoms with Crippen molar-refractivity contribution < 1.29 is 40.2 Å². The van der Waals surface area contributed by atoms with Gasteiger partial charge in [-0.1, -0.05) is 40.0 Å². The van der Waals surface area contributed by atoms with E-state index >= 15 is 0 Å². The van der Waals surface area contributed by atoms with Crippen LogP contribution in [0.15, 0.2) is 24.5 Å². The predicted molar refractivity (Wildman–Crippen MR) is 120 cm³/mol. The summed E-state index contributed by atoms with van der Waals surface area (Å²) in [5.74, 6) is -4.06. The second-order valence-corrected chi connectivity index (χ2v) is 9.52. The molecule has 0 radical (unpaired) electrons. The van der Waals surface area contributed by atoms with E-state index in [4.69, 9.17) is 0 Å². The van der Waals surface area contributed by atoms with E-state index < -0.39 is 41.3 Å². The molecule has 35 heavy (non-hydrogen) atoms. The molecule has 1 aromatic carbocycles. The Kier molecular flexibility index (Phi) is 10.3. The zero-order chi connectivity index (χ0) is 24.9. The van der Waals surface area contributed by atoms with Crippen molar-refractivity contribution in [3.05, 3.63) is 36.1 Å². The molecule has 0 unspecified atom stereocenters. The maximum Gasteiger partial charge on any atom is 0.412 e. The minimum Gasteiger partial charge on any atom is -0.459 e. The zero-order valence-corrected chi connectivity index (χ0v) is 19.2. The molecule has 200 valence electrons. The third-order valence-corrected chi connectivity index (χ3v) is 7.17. The Morgan fingerprint density at radius 1 is 0.857 bits per heavy atom. The molecule has 0 aromatic heterocycles. The molecule has 0 aliphatic heterocycles. The lowest BCUT2D eigenvalue weighted by Gasteiger charge is -2.39. The minimum atomic E-state index is -4.73. The van der Waals surface area contributed by atoms with Gasteiger partial charge < -0.3 is 9.47 Å². The van der Waals surface area contributed by atoms with Crippen LogP contribution in [0, 0.1) is 35.3 Å². The molecule has 0 atom stereocenters. The van der Waals surface area contributed by atoms with Crippen LogP contribution in [0.25, 0.3) is 0 Å². The number of allylic oxidation sites excluding steroid dienone is 1. The molecule has 0 bridgehead atoms. The van der Waals surface area contributed by atoms with E-state index in [0.717, 1.165) is 18.8 Å². The van der Waals surface area contributed by atoms with Crippen LogP contribution < -0.4 is 9.47 Å². The maximum atomic E-state index is 14.8. The second-order valence-electron chi connectivity index (χ2n) is 9.52. The first-order valence-corrected chi connectivity index (χ1v) is 12.0. The lowest BCUT2D eigenvalue weighted by Crippen LogP contribution is -2.38. The summed E-state index contributed by atoms with van der Waals surface area (Å²) < 4.78 is 103. The Labute approximate surface area is 202 Å². The minimum absolute atomic E-state index is 0. The van der Waals surface area contributed by atoms with Crippen molar-refractivity contribution in [3.8, 4) is 11.5 Å². The highest BCUT2D eigenvalue weighted by Gasteiger charge is 2.45. The average molecular weight is 513 g/mol. The summed E-state index contributed by atoms with van der Waals surface area (Å²) in [7, 11) is 0. The van der Waals surface area contributed by atoms with Gasteiger partial charge in [-0.25, -0.2) is 8.78 Å². The molecule has 2 aliphatic rings. The van der Waals surface area contributed by atoms with Crippen molar-refractivity contribution >= 4 is 0 Å². The van der Waals surface area contributed by atoms with Gasteiger partial charge in [-0.3, -0.25) is 0 Å². The molecule has 0 heterocycles. The van der Waals surface area contributed by atoms with Gasteiger partial charge in [0.2, 0.25) is 0 Å². The van der Waals surface area contributed by atoms with Gasteiger partial charge in [-0.15, -0.1) is 0 Å². The molecule has 0 amide bonds. The summed E-state index contributed by atoms with van der Waals surface area (Å²) in [6.45, 7) is 2.19. The number of halogens is 7. The molecule has 1 aromatic rings. The van der Waals surface area contributed by atoms with Crippen LogP contribution in [0.5, 0.6) is 11.5 Å². The van der Waals surface area contributed by atoms with Crippen LogP contribution in [-0.2, 0) is 0 Å². The van der Waals surface area contributed by atoms with E-state index in [-0.39, 0.29) is 32.6 Å². The Morgan fingerprint density at radius 3 is 1.86 bits per heavy atom. The number of ether oxygens (including phenoxy) is 2. The first-order valence-electron chi connectivity index (χ1n) is 12.0. The van der Waals surface area contributed by atoms with Gasteiger partial charge in [0.25, 0.3) is 0 Å². The third kappa shape index (κ3) is 8.31. The van der Waals surface area contributed by atoms with Crippen molar-refractivity contribution in [1.29, 1.82) is 0 Å². The van der Waals surface area contributed by atoms with Crippen LogP contribution in [0.4, 0.5) is 30.7 Å². The van der Waals surface area contributed by atoms with Crippen LogP contribution in [0.1, 0.15) is 78.6 Å². The lowest BCUT2D eigenvalue weighted by atomic mass is 9.68. The molecule has 0 N–H and O–H groups in total. The topological polar surface area (TPSA) is 18.5 Å². The van der Waals surface area contributed by atoms with Crippen molar-refractivity contribution in [2.24, 2.45) is 23.7 Å². The van der Waals surface area contributed by atoms with E-state index in [9.17, 15) is 30.7 Å². The van der Waals surface area contributed by atoms with Crippen molar-refractivity contribution in [3.63, 3.8) is 0 Å². The SMILES string of the molecule is C.CCCC1CCC(C2CCC(C(F)(F)Oc3cc(F)c(O/C=C/C(F)(F)F)c(F)c3)CC2)CC1. The molecular formula is C26H35F7O2. The standard InChI is InChI=1S/C25H31F7O2.CH4/c1-2-3-16-4-6-17(7-5-16)18-8-10-19(11-9-18)25(31,32)34-20-14-21(26)23(22(27)15-20)33-13-12-24(28,29)30;/h12-19H,2-11H2,1H3;1H4/b13-12+;. The van der Waals surface area contributed by atoms with Gasteiger partial charge in [-0.05, 0) is 56.3 Å². The highest BCUT2D eigenvalue weighted by Crippen LogP contribution is 2.46. The van der Waals surface area contributed by atoms with Crippen molar-refractivity contribution in [1.82, 2.24) is 0 Å². The molecular weight excluding hydrogens is 477 g/mol. The third-order valence-electron chi connectivity index (χ3n) is 7.17. The Balaban J connectivity index is 0.00000432. The molecule has 2 saturated carbocycles. The van der Waals surface area contributed by atoms with E-state index in [0.29, 0.717) is 36.8 Å². The smallest absolute Gasteiger partial charge is 0.412 e. The van der Waals surface area contributed by atoms with Gasteiger partial charge in [0, 0.05) is 12.1 Å². The fourth-order valence-corrected chi connectivity index (χ4v) is 5.41. The summed E-state index contributed by atoms with van der Waals surface area (Å²) in [6, 6.07) is 0.961.